The van der Waals surface area contributed by atoms with E-state index in [0.717, 1.165) is 24.3 Å². The molecule has 4 heteroatoms. The summed E-state index contributed by atoms with van der Waals surface area (Å²) in [5, 5.41) is 12.9. The Morgan fingerprint density at radius 1 is 1.44 bits per heavy atom. The fourth-order valence-electron chi connectivity index (χ4n) is 2.32. The molecule has 96 valence electrons. The third kappa shape index (κ3) is 2.73. The van der Waals surface area contributed by atoms with Gasteiger partial charge in [-0.2, -0.15) is 5.26 Å². The van der Waals surface area contributed by atoms with E-state index in [1.165, 1.54) is 16.9 Å². The van der Waals surface area contributed by atoms with E-state index < -0.39 is 0 Å². The lowest BCUT2D eigenvalue weighted by Crippen LogP contribution is -2.13. The van der Waals surface area contributed by atoms with Crippen molar-refractivity contribution in [2.45, 2.75) is 46.0 Å². The molecule has 0 unspecified atom stereocenters. The van der Waals surface area contributed by atoms with Gasteiger partial charge in [0.25, 0.3) is 0 Å². The Labute approximate surface area is 112 Å². The molecule has 1 aliphatic rings. The van der Waals surface area contributed by atoms with Crippen LogP contribution in [-0.2, 0) is 17.6 Å². The minimum atomic E-state index is 0.0140. The topological polar surface area (TPSA) is 52.9 Å². The Kier molecular flexibility index (Phi) is 4.03. The maximum Gasteiger partial charge on any atom is 0.225 e. The van der Waals surface area contributed by atoms with E-state index in [1.54, 1.807) is 11.3 Å². The first kappa shape index (κ1) is 13.1. The zero-order valence-corrected chi connectivity index (χ0v) is 11.7. The number of nitrogens with one attached hydrogen (secondary N) is 1. The van der Waals surface area contributed by atoms with Crippen molar-refractivity contribution in [3.63, 3.8) is 0 Å². The number of thiophene rings is 1. The van der Waals surface area contributed by atoms with Gasteiger partial charge in [0.1, 0.15) is 11.1 Å². The van der Waals surface area contributed by atoms with Gasteiger partial charge >= 0.3 is 0 Å². The highest BCUT2D eigenvalue weighted by Crippen LogP contribution is 2.37. The van der Waals surface area contributed by atoms with Crippen molar-refractivity contribution in [1.29, 1.82) is 5.26 Å². The lowest BCUT2D eigenvalue weighted by molar-refractivity contribution is -0.116. The number of aryl methyl sites for hydroxylation is 1. The third-order valence-electron chi connectivity index (χ3n) is 3.13. The molecule has 0 saturated heterocycles. The number of hydrogen-bond acceptors (Lipinski definition) is 3. The number of carbonyl (C=O) groups is 1. The summed E-state index contributed by atoms with van der Waals surface area (Å²) in [7, 11) is 0. The van der Waals surface area contributed by atoms with Crippen LogP contribution in [0, 0.1) is 17.2 Å². The molecule has 1 aromatic heterocycles. The molecule has 1 amide bonds. The van der Waals surface area contributed by atoms with Crippen molar-refractivity contribution < 1.29 is 4.79 Å². The Hall–Kier alpha value is -1.34. The van der Waals surface area contributed by atoms with E-state index in [9.17, 15) is 10.1 Å². The van der Waals surface area contributed by atoms with Gasteiger partial charge in [0.05, 0.1) is 5.56 Å². The molecule has 0 aliphatic heterocycles. The van der Waals surface area contributed by atoms with Gasteiger partial charge in [-0.1, -0.05) is 13.8 Å². The minimum Gasteiger partial charge on any atom is -0.317 e. The van der Waals surface area contributed by atoms with Gasteiger partial charge in [0.15, 0.2) is 0 Å². The number of hydrogen-bond donors (Lipinski definition) is 1. The van der Waals surface area contributed by atoms with Gasteiger partial charge in [0, 0.05) is 11.3 Å². The molecule has 2 rings (SSSR count). The van der Waals surface area contributed by atoms with Gasteiger partial charge in [0.2, 0.25) is 5.91 Å². The van der Waals surface area contributed by atoms with E-state index in [0.29, 0.717) is 17.9 Å². The Balaban J connectivity index is 2.21. The van der Waals surface area contributed by atoms with Gasteiger partial charge < -0.3 is 5.32 Å². The normalized spacial score (nSPS) is 14.1. The van der Waals surface area contributed by atoms with Crippen LogP contribution >= 0.6 is 11.3 Å². The quantitative estimate of drug-likeness (QED) is 0.906. The fourth-order valence-corrected chi connectivity index (χ4v) is 3.58. The molecule has 18 heavy (non-hydrogen) atoms. The molecule has 3 nitrogen and oxygen atoms in total. The number of fused-ring (bicyclic) bond motifs is 1. The second-order valence-electron chi connectivity index (χ2n) is 5.17. The first-order chi connectivity index (χ1) is 8.61. The monoisotopic (exact) mass is 262 g/mol. The SMILES string of the molecule is CC(C)CC(=O)Nc1sc2c(c1C#N)CCCC2. The summed E-state index contributed by atoms with van der Waals surface area (Å²) in [5.74, 6) is 0.352. The van der Waals surface area contributed by atoms with Crippen LogP contribution in [0.2, 0.25) is 0 Å². The number of nitrogens with zero attached hydrogens (tertiary/aromatic N) is 1. The predicted octanol–water partition coefficient (Wildman–Crippen LogP) is 3.48. The van der Waals surface area contributed by atoms with E-state index in [2.05, 4.69) is 11.4 Å². The molecule has 0 aromatic carbocycles. The maximum atomic E-state index is 11.8. The Morgan fingerprint density at radius 2 is 2.17 bits per heavy atom. The summed E-state index contributed by atoms with van der Waals surface area (Å²) >= 11 is 1.59. The molecule has 0 radical (unpaired) electrons. The standard InChI is InChI=1S/C14H18N2OS/c1-9(2)7-13(17)16-14-11(8-15)10-5-3-4-6-12(10)18-14/h9H,3-7H2,1-2H3,(H,16,17). The van der Waals surface area contributed by atoms with E-state index in [4.69, 9.17) is 0 Å². The van der Waals surface area contributed by atoms with Gasteiger partial charge in [-0.25, -0.2) is 0 Å². The van der Waals surface area contributed by atoms with Crippen LogP contribution < -0.4 is 5.32 Å². The average Bonchev–Trinajstić information content (AvgIpc) is 2.64. The highest BCUT2D eigenvalue weighted by atomic mass is 32.1. The van der Waals surface area contributed by atoms with Crippen LogP contribution in [0.4, 0.5) is 5.00 Å². The summed E-state index contributed by atoms with van der Waals surface area (Å²) in [6, 6.07) is 2.26. The third-order valence-corrected chi connectivity index (χ3v) is 4.34. The second kappa shape index (κ2) is 5.53. The van der Waals surface area contributed by atoms with Crippen molar-refractivity contribution in [1.82, 2.24) is 0 Å². The second-order valence-corrected chi connectivity index (χ2v) is 6.28. The summed E-state index contributed by atoms with van der Waals surface area (Å²) in [6.45, 7) is 4.04. The number of nitriles is 1. The van der Waals surface area contributed by atoms with Crippen molar-refractivity contribution in [3.05, 3.63) is 16.0 Å². The predicted molar refractivity (Wildman–Crippen MR) is 73.8 cm³/mol. The molecule has 0 fully saturated rings. The highest BCUT2D eigenvalue weighted by Gasteiger charge is 2.21. The molecular formula is C14H18N2OS. The molecular weight excluding hydrogens is 244 g/mol. The van der Waals surface area contributed by atoms with Crippen LogP contribution in [0.1, 0.15) is 49.1 Å². The first-order valence-electron chi connectivity index (χ1n) is 6.46. The number of amides is 1. The van der Waals surface area contributed by atoms with Crippen LogP contribution in [-0.4, -0.2) is 5.91 Å². The maximum absolute atomic E-state index is 11.8. The molecule has 0 spiro atoms. The largest absolute Gasteiger partial charge is 0.317 e. The summed E-state index contributed by atoms with van der Waals surface area (Å²) in [6.07, 6.45) is 4.88. The van der Waals surface area contributed by atoms with Gasteiger partial charge in [-0.3, -0.25) is 4.79 Å². The highest BCUT2D eigenvalue weighted by molar-refractivity contribution is 7.16. The van der Waals surface area contributed by atoms with Crippen LogP contribution in [0.3, 0.4) is 0 Å². The lowest BCUT2D eigenvalue weighted by atomic mass is 9.96. The van der Waals surface area contributed by atoms with Crippen molar-refractivity contribution >= 4 is 22.2 Å². The van der Waals surface area contributed by atoms with Crippen LogP contribution in [0.15, 0.2) is 0 Å². The van der Waals surface area contributed by atoms with Crippen molar-refractivity contribution in [2.75, 3.05) is 5.32 Å². The molecule has 1 N–H and O–H groups in total. The van der Waals surface area contributed by atoms with E-state index in [-0.39, 0.29) is 5.91 Å². The summed E-state index contributed by atoms with van der Waals surface area (Å²) < 4.78 is 0. The molecule has 0 saturated carbocycles. The van der Waals surface area contributed by atoms with Crippen molar-refractivity contribution in [2.24, 2.45) is 5.92 Å². The zero-order valence-electron chi connectivity index (χ0n) is 10.9. The Bertz CT molecular complexity index is 497. The van der Waals surface area contributed by atoms with Crippen molar-refractivity contribution in [3.8, 4) is 6.07 Å². The average molecular weight is 262 g/mol. The van der Waals surface area contributed by atoms with E-state index in [1.807, 2.05) is 13.8 Å². The zero-order chi connectivity index (χ0) is 13.1. The minimum absolute atomic E-state index is 0.0140. The fraction of sp³-hybridized carbons (Fsp3) is 0.571. The van der Waals surface area contributed by atoms with Crippen LogP contribution in [0.5, 0.6) is 0 Å². The molecule has 1 heterocycles. The molecule has 0 bridgehead atoms. The van der Waals surface area contributed by atoms with E-state index >= 15 is 0 Å². The number of anilines is 1. The summed E-state index contributed by atoms with van der Waals surface area (Å²) in [5.41, 5.74) is 1.88. The first-order valence-corrected chi connectivity index (χ1v) is 7.28. The van der Waals surface area contributed by atoms with Gasteiger partial charge in [-0.05, 0) is 37.2 Å². The number of carbonyl (C=O) groups excluding carboxylic acids is 1. The Morgan fingerprint density at radius 3 is 2.83 bits per heavy atom. The molecule has 1 aliphatic carbocycles. The molecule has 1 aromatic rings. The number of rotatable bonds is 3. The van der Waals surface area contributed by atoms with Gasteiger partial charge in [-0.15, -0.1) is 11.3 Å². The van der Waals surface area contributed by atoms with Crippen LogP contribution in [0.25, 0.3) is 0 Å². The lowest BCUT2D eigenvalue weighted by Gasteiger charge is -2.09. The summed E-state index contributed by atoms with van der Waals surface area (Å²) in [4.78, 5) is 13.1. The molecule has 0 atom stereocenters. The smallest absolute Gasteiger partial charge is 0.225 e.